The summed E-state index contributed by atoms with van der Waals surface area (Å²) >= 11 is 5.82. The minimum atomic E-state index is -4.71. The number of amides is 1. The molecule has 0 saturated heterocycles. The number of nitrogens with two attached hydrogens (primary N) is 1. The van der Waals surface area contributed by atoms with Crippen molar-refractivity contribution in [2.24, 2.45) is 5.73 Å². The predicted octanol–water partition coefficient (Wildman–Crippen LogP) is 3.90. The molecule has 1 aromatic heterocycles. The Morgan fingerprint density at radius 1 is 1.32 bits per heavy atom. The lowest BCUT2D eigenvalue weighted by molar-refractivity contribution is -0.137. The van der Waals surface area contributed by atoms with Crippen molar-refractivity contribution in [3.63, 3.8) is 0 Å². The lowest BCUT2D eigenvalue weighted by Gasteiger charge is -2.16. The number of aryl methyl sites for hydroxylation is 1. The number of anilines is 2. The van der Waals surface area contributed by atoms with E-state index in [0.717, 1.165) is 6.20 Å². The molecule has 4 nitrogen and oxygen atoms in total. The lowest BCUT2D eigenvalue weighted by Crippen LogP contribution is -2.21. The quantitative estimate of drug-likeness (QED) is 0.897. The number of primary amides is 1. The Hall–Kier alpha value is -2.28. The Kier molecular flexibility index (Phi) is 4.27. The Bertz CT molecular complexity index is 732. The van der Waals surface area contributed by atoms with Crippen LogP contribution in [0.3, 0.4) is 0 Å². The van der Waals surface area contributed by atoms with Gasteiger partial charge in [0.15, 0.2) is 0 Å². The first-order valence-electron chi connectivity index (χ1n) is 6.09. The van der Waals surface area contributed by atoms with E-state index in [2.05, 4.69) is 10.3 Å². The van der Waals surface area contributed by atoms with Crippen LogP contribution < -0.4 is 11.1 Å². The summed E-state index contributed by atoms with van der Waals surface area (Å²) in [5, 5.41) is 3.17. The largest absolute Gasteiger partial charge is 0.417 e. The number of benzene rings is 1. The summed E-state index contributed by atoms with van der Waals surface area (Å²) in [4.78, 5) is 15.2. The van der Waals surface area contributed by atoms with Gasteiger partial charge < -0.3 is 11.1 Å². The Balaban J connectivity index is 2.54. The Morgan fingerprint density at radius 2 is 2.00 bits per heavy atom. The van der Waals surface area contributed by atoms with E-state index in [4.69, 9.17) is 17.3 Å². The number of aromatic nitrogens is 1. The third kappa shape index (κ3) is 3.30. The fourth-order valence-corrected chi connectivity index (χ4v) is 2.16. The molecule has 0 aliphatic heterocycles. The summed E-state index contributed by atoms with van der Waals surface area (Å²) in [6.07, 6.45) is -3.75. The molecule has 0 spiro atoms. The fraction of sp³-hybridized carbons (Fsp3) is 0.143. The molecule has 1 amide bonds. The van der Waals surface area contributed by atoms with Crippen LogP contribution in [0.1, 0.15) is 21.5 Å². The highest BCUT2D eigenvalue weighted by Crippen LogP contribution is 2.35. The number of nitrogens with one attached hydrogen (secondary N) is 1. The van der Waals surface area contributed by atoms with E-state index in [1.165, 1.54) is 0 Å². The van der Waals surface area contributed by atoms with Crippen LogP contribution >= 0.6 is 11.6 Å². The van der Waals surface area contributed by atoms with Crippen molar-refractivity contribution in [1.82, 2.24) is 4.98 Å². The molecular weight excluding hydrogens is 319 g/mol. The van der Waals surface area contributed by atoms with Gasteiger partial charge in [-0.3, -0.25) is 4.79 Å². The van der Waals surface area contributed by atoms with Crippen LogP contribution in [-0.4, -0.2) is 10.9 Å². The van der Waals surface area contributed by atoms with Gasteiger partial charge in [0.25, 0.3) is 5.91 Å². The number of hydrogen-bond acceptors (Lipinski definition) is 3. The van der Waals surface area contributed by atoms with E-state index in [0.29, 0.717) is 22.3 Å². The van der Waals surface area contributed by atoms with E-state index in [1.54, 1.807) is 25.1 Å². The first kappa shape index (κ1) is 16.1. The molecule has 1 heterocycles. The molecule has 0 aliphatic carbocycles. The van der Waals surface area contributed by atoms with Crippen molar-refractivity contribution in [2.45, 2.75) is 13.1 Å². The molecular formula is C14H11ClF3N3O. The highest BCUT2D eigenvalue weighted by atomic mass is 35.5. The fourth-order valence-electron chi connectivity index (χ4n) is 1.94. The molecule has 116 valence electrons. The first-order valence-corrected chi connectivity index (χ1v) is 6.47. The van der Waals surface area contributed by atoms with Crippen molar-refractivity contribution < 1.29 is 18.0 Å². The van der Waals surface area contributed by atoms with Gasteiger partial charge in [-0.25, -0.2) is 4.98 Å². The lowest BCUT2D eigenvalue weighted by atomic mass is 10.1. The first-order chi connectivity index (χ1) is 10.2. The summed E-state index contributed by atoms with van der Waals surface area (Å²) in [5.74, 6) is -1.47. The maximum Gasteiger partial charge on any atom is 0.417 e. The summed E-state index contributed by atoms with van der Waals surface area (Å²) in [6.45, 7) is 1.71. The minimum Gasteiger partial charge on any atom is -0.365 e. The predicted molar refractivity (Wildman–Crippen MR) is 77.2 cm³/mol. The second-order valence-corrected chi connectivity index (χ2v) is 4.96. The summed E-state index contributed by atoms with van der Waals surface area (Å²) in [6, 6.07) is 5.47. The average Bonchev–Trinajstić information content (AvgIpc) is 2.40. The van der Waals surface area contributed by atoms with E-state index < -0.39 is 23.2 Å². The van der Waals surface area contributed by atoms with Gasteiger partial charge in [-0.05, 0) is 36.8 Å². The van der Waals surface area contributed by atoms with Crippen molar-refractivity contribution in [2.75, 3.05) is 5.32 Å². The van der Waals surface area contributed by atoms with Gasteiger partial charge in [0, 0.05) is 16.9 Å². The zero-order chi connectivity index (χ0) is 16.5. The molecule has 0 fully saturated rings. The van der Waals surface area contributed by atoms with Crippen LogP contribution in [0.2, 0.25) is 5.02 Å². The van der Waals surface area contributed by atoms with E-state index in [9.17, 15) is 18.0 Å². The number of rotatable bonds is 3. The third-order valence-electron chi connectivity index (χ3n) is 2.94. The second-order valence-electron chi connectivity index (χ2n) is 4.53. The number of carbonyl (C=O) groups excluding carboxylic acids is 1. The molecule has 22 heavy (non-hydrogen) atoms. The van der Waals surface area contributed by atoms with E-state index in [-0.39, 0.29) is 5.82 Å². The Labute approximate surface area is 129 Å². The number of halogens is 4. The number of alkyl halides is 3. The molecule has 0 saturated carbocycles. The molecule has 0 bridgehead atoms. The highest BCUT2D eigenvalue weighted by Gasteiger charge is 2.36. The minimum absolute atomic E-state index is 0.257. The summed E-state index contributed by atoms with van der Waals surface area (Å²) in [7, 11) is 0. The van der Waals surface area contributed by atoms with Crippen molar-refractivity contribution in [1.29, 1.82) is 0 Å². The molecule has 0 radical (unpaired) electrons. The SMILES string of the molecule is Cc1cc(Cl)ccc1Nc1nccc(C(F)(F)F)c1C(N)=O. The molecule has 2 rings (SSSR count). The molecule has 1 aromatic carbocycles. The molecule has 0 unspecified atom stereocenters. The van der Waals surface area contributed by atoms with Crippen LogP contribution in [0.5, 0.6) is 0 Å². The maximum absolute atomic E-state index is 13.0. The Morgan fingerprint density at radius 3 is 2.55 bits per heavy atom. The number of carbonyl (C=O) groups is 1. The van der Waals surface area contributed by atoms with Crippen molar-refractivity contribution in [3.8, 4) is 0 Å². The monoisotopic (exact) mass is 329 g/mol. The zero-order valence-electron chi connectivity index (χ0n) is 11.3. The van der Waals surface area contributed by atoms with Gasteiger partial charge in [0.2, 0.25) is 0 Å². The second kappa shape index (κ2) is 5.84. The molecule has 2 aromatic rings. The van der Waals surface area contributed by atoms with Crippen LogP contribution in [-0.2, 0) is 6.18 Å². The normalized spacial score (nSPS) is 11.3. The van der Waals surface area contributed by atoms with Crippen LogP contribution in [0, 0.1) is 6.92 Å². The highest BCUT2D eigenvalue weighted by molar-refractivity contribution is 6.30. The average molecular weight is 330 g/mol. The number of nitrogens with zero attached hydrogens (tertiary/aromatic N) is 1. The molecule has 3 N–H and O–H groups in total. The smallest absolute Gasteiger partial charge is 0.365 e. The topological polar surface area (TPSA) is 68.0 Å². The van der Waals surface area contributed by atoms with E-state index in [1.807, 2.05) is 0 Å². The zero-order valence-corrected chi connectivity index (χ0v) is 12.1. The van der Waals surface area contributed by atoms with E-state index >= 15 is 0 Å². The van der Waals surface area contributed by atoms with Crippen LogP contribution in [0.4, 0.5) is 24.7 Å². The van der Waals surface area contributed by atoms with Gasteiger partial charge in [0.05, 0.1) is 11.1 Å². The molecule has 0 aliphatic rings. The van der Waals surface area contributed by atoms with Gasteiger partial charge in [-0.15, -0.1) is 0 Å². The standard InChI is InChI=1S/C14H11ClF3N3O/c1-7-6-8(15)2-3-10(7)21-13-11(12(19)22)9(4-5-20-13)14(16,17)18/h2-6H,1H3,(H2,19,22)(H,20,21). The van der Waals surface area contributed by atoms with Gasteiger partial charge in [-0.2, -0.15) is 13.2 Å². The number of hydrogen-bond donors (Lipinski definition) is 2. The van der Waals surface area contributed by atoms with Gasteiger partial charge in [0.1, 0.15) is 5.82 Å². The van der Waals surface area contributed by atoms with Crippen molar-refractivity contribution >= 4 is 29.0 Å². The van der Waals surface area contributed by atoms with Crippen LogP contribution in [0.25, 0.3) is 0 Å². The molecule has 0 atom stereocenters. The molecule has 8 heteroatoms. The summed E-state index contributed by atoms with van der Waals surface area (Å²) < 4.78 is 38.9. The van der Waals surface area contributed by atoms with Crippen molar-refractivity contribution in [3.05, 3.63) is 52.2 Å². The van der Waals surface area contributed by atoms with Crippen LogP contribution in [0.15, 0.2) is 30.5 Å². The van der Waals surface area contributed by atoms with Gasteiger partial charge in [-0.1, -0.05) is 11.6 Å². The third-order valence-corrected chi connectivity index (χ3v) is 3.18. The number of pyridine rings is 1. The van der Waals surface area contributed by atoms with Gasteiger partial charge >= 0.3 is 6.18 Å². The summed E-state index contributed by atoms with van der Waals surface area (Å²) in [5.41, 5.74) is 4.40. The maximum atomic E-state index is 13.0.